The van der Waals surface area contributed by atoms with Crippen molar-refractivity contribution in [3.05, 3.63) is 102 Å². The van der Waals surface area contributed by atoms with E-state index in [0.717, 1.165) is 22.1 Å². The fourth-order valence-corrected chi connectivity index (χ4v) is 3.64. The number of aromatic nitrogens is 3. The van der Waals surface area contributed by atoms with E-state index in [4.69, 9.17) is 0 Å². The van der Waals surface area contributed by atoms with E-state index >= 15 is 0 Å². The average molecular weight is 362 g/mol. The van der Waals surface area contributed by atoms with Gasteiger partial charge in [0.1, 0.15) is 0 Å². The monoisotopic (exact) mass is 362 g/mol. The third kappa shape index (κ3) is 2.40. The molecule has 5 aromatic rings. The van der Waals surface area contributed by atoms with Crippen LogP contribution < -0.4 is 0 Å². The highest BCUT2D eigenvalue weighted by Crippen LogP contribution is 2.27. The van der Waals surface area contributed by atoms with Crippen molar-refractivity contribution in [3.63, 3.8) is 0 Å². The summed E-state index contributed by atoms with van der Waals surface area (Å²) in [4.78, 5) is 17.7. The number of fused-ring (bicyclic) bond motifs is 3. The van der Waals surface area contributed by atoms with Crippen molar-refractivity contribution in [1.29, 1.82) is 5.26 Å². The summed E-state index contributed by atoms with van der Waals surface area (Å²) in [5, 5.41) is 10.3. The number of rotatable bonds is 3. The maximum Gasteiger partial charge on any atom is 0.197 e. The summed E-state index contributed by atoms with van der Waals surface area (Å²) >= 11 is 0. The fraction of sp³-hybridized carbons (Fsp3) is 0. The number of carbonyl (C=O) groups is 1. The predicted octanol–water partition coefficient (Wildman–Crippen LogP) is 4.38. The molecule has 0 atom stereocenters. The SMILES string of the molecule is N#Cc1cc(C(=O)c2ccccc2-n2ccnc2)c2c(ccc3cccn32)c1. The van der Waals surface area contributed by atoms with Crippen LogP contribution in [-0.4, -0.2) is 19.7 Å². The van der Waals surface area contributed by atoms with Gasteiger partial charge in [0, 0.05) is 40.6 Å². The largest absolute Gasteiger partial charge is 0.316 e. The Morgan fingerprint density at radius 2 is 1.86 bits per heavy atom. The topological polar surface area (TPSA) is 63.1 Å². The third-order valence-corrected chi connectivity index (χ3v) is 4.90. The second-order valence-electron chi connectivity index (χ2n) is 6.53. The number of para-hydroxylation sites is 1. The first kappa shape index (κ1) is 16.0. The fourth-order valence-electron chi connectivity index (χ4n) is 3.64. The smallest absolute Gasteiger partial charge is 0.197 e. The molecule has 0 amide bonds. The first-order chi connectivity index (χ1) is 13.8. The average Bonchev–Trinajstić information content (AvgIpc) is 3.44. The second-order valence-corrected chi connectivity index (χ2v) is 6.53. The van der Waals surface area contributed by atoms with Gasteiger partial charge in [0.25, 0.3) is 0 Å². The molecule has 0 saturated carbocycles. The quantitative estimate of drug-likeness (QED) is 0.447. The maximum atomic E-state index is 13.7. The molecule has 0 unspecified atom stereocenters. The molecule has 0 aliphatic carbocycles. The molecule has 132 valence electrons. The lowest BCUT2D eigenvalue weighted by atomic mass is 9.96. The Balaban J connectivity index is 1.82. The Bertz CT molecular complexity index is 1390. The first-order valence-electron chi connectivity index (χ1n) is 8.82. The van der Waals surface area contributed by atoms with Crippen LogP contribution in [0.2, 0.25) is 0 Å². The molecule has 28 heavy (non-hydrogen) atoms. The van der Waals surface area contributed by atoms with Crippen molar-refractivity contribution in [2.75, 3.05) is 0 Å². The van der Waals surface area contributed by atoms with Gasteiger partial charge in [-0.2, -0.15) is 5.26 Å². The minimum atomic E-state index is -0.132. The van der Waals surface area contributed by atoms with E-state index in [9.17, 15) is 10.1 Å². The zero-order chi connectivity index (χ0) is 19.1. The van der Waals surface area contributed by atoms with Crippen molar-refractivity contribution >= 4 is 22.2 Å². The Kier molecular flexibility index (Phi) is 3.56. The molecule has 5 rings (SSSR count). The van der Waals surface area contributed by atoms with Crippen LogP contribution in [0.5, 0.6) is 0 Å². The van der Waals surface area contributed by atoms with Crippen molar-refractivity contribution < 1.29 is 4.79 Å². The van der Waals surface area contributed by atoms with Crippen molar-refractivity contribution in [2.24, 2.45) is 0 Å². The van der Waals surface area contributed by atoms with Gasteiger partial charge >= 0.3 is 0 Å². The summed E-state index contributed by atoms with van der Waals surface area (Å²) in [6.45, 7) is 0. The molecule has 0 N–H and O–H groups in total. The van der Waals surface area contributed by atoms with Crippen LogP contribution >= 0.6 is 0 Å². The normalized spacial score (nSPS) is 11.0. The van der Waals surface area contributed by atoms with Gasteiger partial charge in [0.2, 0.25) is 0 Å². The number of pyridine rings is 1. The number of hydrogen-bond donors (Lipinski definition) is 0. The van der Waals surface area contributed by atoms with Crippen LogP contribution in [-0.2, 0) is 0 Å². The van der Waals surface area contributed by atoms with Gasteiger partial charge < -0.3 is 8.97 Å². The lowest BCUT2D eigenvalue weighted by Gasteiger charge is -2.13. The van der Waals surface area contributed by atoms with Gasteiger partial charge in [-0.3, -0.25) is 4.79 Å². The van der Waals surface area contributed by atoms with E-state index in [-0.39, 0.29) is 5.78 Å². The van der Waals surface area contributed by atoms with Crippen LogP contribution in [0, 0.1) is 11.3 Å². The molecule has 0 radical (unpaired) electrons. The van der Waals surface area contributed by atoms with E-state index in [1.54, 1.807) is 30.9 Å². The number of ketones is 1. The highest BCUT2D eigenvalue weighted by Gasteiger charge is 2.19. The highest BCUT2D eigenvalue weighted by molar-refractivity contribution is 6.17. The lowest BCUT2D eigenvalue weighted by molar-refractivity contribution is 0.104. The molecule has 0 fully saturated rings. The Hall–Kier alpha value is -4.17. The van der Waals surface area contributed by atoms with Crippen molar-refractivity contribution in [2.45, 2.75) is 0 Å². The molecule has 0 aliphatic heterocycles. The lowest BCUT2D eigenvalue weighted by Crippen LogP contribution is -2.09. The second kappa shape index (κ2) is 6.22. The number of carbonyl (C=O) groups excluding carboxylic acids is 1. The molecule has 0 bridgehead atoms. The zero-order valence-electron chi connectivity index (χ0n) is 14.8. The summed E-state index contributed by atoms with van der Waals surface area (Å²) < 4.78 is 3.80. The van der Waals surface area contributed by atoms with Gasteiger partial charge in [-0.15, -0.1) is 0 Å². The first-order valence-corrected chi connectivity index (χ1v) is 8.82. The Morgan fingerprint density at radius 3 is 2.68 bits per heavy atom. The van der Waals surface area contributed by atoms with E-state index in [1.165, 1.54) is 0 Å². The van der Waals surface area contributed by atoms with Gasteiger partial charge in [-0.1, -0.05) is 18.2 Å². The molecule has 3 aromatic heterocycles. The molecule has 0 saturated heterocycles. The van der Waals surface area contributed by atoms with Crippen LogP contribution in [0.1, 0.15) is 21.5 Å². The maximum absolute atomic E-state index is 13.7. The highest BCUT2D eigenvalue weighted by atomic mass is 16.1. The van der Waals surface area contributed by atoms with E-state index in [1.807, 2.05) is 63.7 Å². The third-order valence-electron chi connectivity index (χ3n) is 4.90. The molecule has 5 heteroatoms. The molecule has 0 aliphatic rings. The van der Waals surface area contributed by atoms with Gasteiger partial charge in [-0.05, 0) is 42.5 Å². The minimum absolute atomic E-state index is 0.132. The molecule has 0 spiro atoms. The van der Waals surface area contributed by atoms with Crippen LogP contribution in [0.3, 0.4) is 0 Å². The van der Waals surface area contributed by atoms with E-state index in [2.05, 4.69) is 11.1 Å². The molecule has 3 heterocycles. The summed E-state index contributed by atoms with van der Waals surface area (Å²) in [7, 11) is 0. The van der Waals surface area contributed by atoms with Crippen LogP contribution in [0.25, 0.3) is 22.1 Å². The summed E-state index contributed by atoms with van der Waals surface area (Å²) in [6.07, 6.45) is 7.08. The predicted molar refractivity (Wildman–Crippen MR) is 107 cm³/mol. The van der Waals surface area contributed by atoms with Gasteiger partial charge in [-0.25, -0.2) is 4.98 Å². The molecular formula is C23H14N4O. The van der Waals surface area contributed by atoms with E-state index in [0.29, 0.717) is 16.7 Å². The Labute approximate surface area is 160 Å². The van der Waals surface area contributed by atoms with Crippen molar-refractivity contribution in [1.82, 2.24) is 14.0 Å². The van der Waals surface area contributed by atoms with Gasteiger partial charge in [0.05, 0.1) is 29.2 Å². The van der Waals surface area contributed by atoms with Crippen LogP contribution in [0.15, 0.2) is 85.6 Å². The molecule has 5 nitrogen and oxygen atoms in total. The summed E-state index contributed by atoms with van der Waals surface area (Å²) in [5.41, 5.74) is 4.06. The van der Waals surface area contributed by atoms with E-state index < -0.39 is 0 Å². The minimum Gasteiger partial charge on any atom is -0.316 e. The van der Waals surface area contributed by atoms with Crippen molar-refractivity contribution in [3.8, 4) is 11.8 Å². The standard InChI is InChI=1S/C23H14N4O/c24-14-16-12-17-7-8-18-4-3-10-27(18)22(17)20(13-16)23(28)19-5-1-2-6-21(19)26-11-9-25-15-26/h1-13,15H. The van der Waals surface area contributed by atoms with Gasteiger partial charge in [0.15, 0.2) is 5.78 Å². The number of nitrogens with zero attached hydrogens (tertiary/aromatic N) is 4. The number of nitriles is 1. The summed E-state index contributed by atoms with van der Waals surface area (Å²) in [5.74, 6) is -0.132. The molecule has 2 aromatic carbocycles. The Morgan fingerprint density at radius 1 is 0.964 bits per heavy atom. The van der Waals surface area contributed by atoms with Crippen LogP contribution in [0.4, 0.5) is 0 Å². The molecular weight excluding hydrogens is 348 g/mol. The number of imidazole rings is 1. The summed E-state index contributed by atoms with van der Waals surface area (Å²) in [6, 6.07) is 21.0. The number of benzene rings is 2. The zero-order valence-corrected chi connectivity index (χ0v) is 14.8. The number of hydrogen-bond acceptors (Lipinski definition) is 3.